The van der Waals surface area contributed by atoms with E-state index in [1.807, 2.05) is 58.9 Å². The Hall–Kier alpha value is -1.58. The summed E-state index contributed by atoms with van der Waals surface area (Å²) in [5, 5.41) is 10.3. The van der Waals surface area contributed by atoms with Gasteiger partial charge in [0.05, 0.1) is 5.60 Å². The third-order valence-electron chi connectivity index (χ3n) is 3.27. The molecule has 0 aliphatic rings. The number of carbonyl (C=O) groups is 1. The van der Waals surface area contributed by atoms with E-state index in [2.05, 4.69) is 0 Å². The van der Waals surface area contributed by atoms with Crippen molar-refractivity contribution in [2.75, 3.05) is 0 Å². The van der Waals surface area contributed by atoms with E-state index >= 15 is 0 Å². The minimum Gasteiger partial charge on any atom is -0.479 e. The Labute approximate surface area is 143 Å². The third-order valence-corrected chi connectivity index (χ3v) is 3.40. The first-order valence-electron chi connectivity index (χ1n) is 7.54. The first kappa shape index (κ1) is 19.5. The number of allylic oxidation sites excluding steroid dienone is 4. The van der Waals surface area contributed by atoms with E-state index in [1.165, 1.54) is 0 Å². The fraction of sp³-hybridized carbons (Fsp3) is 0.421. The van der Waals surface area contributed by atoms with Gasteiger partial charge in [0.15, 0.2) is 6.10 Å². The van der Waals surface area contributed by atoms with E-state index in [0.717, 1.165) is 16.7 Å². The molecule has 0 amide bonds. The molecule has 1 unspecified atom stereocenters. The molecule has 1 rings (SSSR count). The van der Waals surface area contributed by atoms with E-state index in [-0.39, 0.29) is 0 Å². The highest BCUT2D eigenvalue weighted by molar-refractivity contribution is 6.29. The Morgan fingerprint density at radius 1 is 1.26 bits per heavy atom. The maximum atomic E-state index is 11.8. The molecule has 1 N–H and O–H groups in total. The molecule has 1 aromatic rings. The second-order valence-electron chi connectivity index (χ2n) is 6.59. The van der Waals surface area contributed by atoms with Crippen LogP contribution in [0.2, 0.25) is 0 Å². The summed E-state index contributed by atoms with van der Waals surface area (Å²) in [6.45, 7) is 11.2. The molecule has 126 valence electrons. The Morgan fingerprint density at radius 3 is 2.35 bits per heavy atom. The minimum atomic E-state index is -1.02. The van der Waals surface area contributed by atoms with Crippen LogP contribution >= 0.6 is 11.6 Å². The number of halogens is 1. The Bertz CT molecular complexity index is 633. The number of aryl methyl sites for hydroxylation is 1. The highest BCUT2D eigenvalue weighted by Gasteiger charge is 2.30. The zero-order chi connectivity index (χ0) is 17.8. The average Bonchev–Trinajstić information content (AvgIpc) is 2.41. The van der Waals surface area contributed by atoms with Gasteiger partial charge in [0.25, 0.3) is 0 Å². The predicted octanol–water partition coefficient (Wildman–Crippen LogP) is 5.48. The lowest BCUT2D eigenvalue weighted by atomic mass is 9.92. The lowest BCUT2D eigenvalue weighted by molar-refractivity contribution is -0.160. The van der Waals surface area contributed by atoms with Crippen molar-refractivity contribution in [2.24, 2.45) is 0 Å². The maximum Gasteiger partial charge on any atom is 0.337 e. The van der Waals surface area contributed by atoms with Crippen LogP contribution in [0.25, 0.3) is 5.57 Å². The molecule has 0 aliphatic heterocycles. The van der Waals surface area contributed by atoms with Crippen LogP contribution in [0.3, 0.4) is 0 Å². The zero-order valence-corrected chi connectivity index (χ0v) is 15.4. The Kier molecular flexibility index (Phi) is 6.60. The van der Waals surface area contributed by atoms with Gasteiger partial charge in [-0.3, -0.25) is 0 Å². The smallest absolute Gasteiger partial charge is 0.337 e. The summed E-state index contributed by atoms with van der Waals surface area (Å²) < 4.78 is 5.81. The van der Waals surface area contributed by atoms with Crippen LogP contribution in [0.5, 0.6) is 0 Å². The summed E-state index contributed by atoms with van der Waals surface area (Å²) in [6.07, 6.45) is 2.66. The van der Waals surface area contributed by atoms with Crippen LogP contribution in [-0.4, -0.2) is 16.7 Å². The molecule has 0 aliphatic carbocycles. The minimum absolute atomic E-state index is 0.563. The van der Waals surface area contributed by atoms with Gasteiger partial charge >= 0.3 is 5.97 Å². The molecule has 0 fully saturated rings. The summed E-state index contributed by atoms with van der Waals surface area (Å²) >= 11 is 5.88. The van der Waals surface area contributed by atoms with E-state index in [9.17, 15) is 9.90 Å². The van der Waals surface area contributed by atoms with Gasteiger partial charge in [0, 0.05) is 10.6 Å². The second-order valence-corrected chi connectivity index (χ2v) is 7.18. The SMILES string of the molecule is CC(Cl)=CC=C(C)c1cccc(C)c1C(OC(C)(C)C)C(=O)O. The topological polar surface area (TPSA) is 46.5 Å². The Morgan fingerprint density at radius 2 is 1.87 bits per heavy atom. The van der Waals surface area contributed by atoms with Crippen molar-refractivity contribution in [3.05, 3.63) is 52.1 Å². The van der Waals surface area contributed by atoms with Crippen LogP contribution in [0, 0.1) is 6.92 Å². The molecule has 0 spiro atoms. The standard InChI is InChI=1S/C19H25ClO3/c1-12(10-11-14(3)20)15-9-7-8-13(2)16(15)17(18(21)22)23-19(4,5)6/h7-11,17H,1-6H3,(H,21,22). The normalized spacial score (nSPS) is 14.7. The van der Waals surface area contributed by atoms with Crippen LogP contribution in [-0.2, 0) is 9.53 Å². The molecular weight excluding hydrogens is 312 g/mol. The highest BCUT2D eigenvalue weighted by Crippen LogP contribution is 2.33. The fourth-order valence-electron chi connectivity index (χ4n) is 2.29. The molecule has 3 nitrogen and oxygen atoms in total. The van der Waals surface area contributed by atoms with Crippen molar-refractivity contribution >= 4 is 23.1 Å². The lowest BCUT2D eigenvalue weighted by Gasteiger charge is -2.27. The number of rotatable bonds is 5. The van der Waals surface area contributed by atoms with Crippen molar-refractivity contribution in [3.8, 4) is 0 Å². The van der Waals surface area contributed by atoms with Gasteiger partial charge < -0.3 is 9.84 Å². The van der Waals surface area contributed by atoms with Gasteiger partial charge in [-0.2, -0.15) is 0 Å². The van der Waals surface area contributed by atoms with Crippen molar-refractivity contribution in [1.29, 1.82) is 0 Å². The zero-order valence-electron chi connectivity index (χ0n) is 14.6. The summed E-state index contributed by atoms with van der Waals surface area (Å²) in [4.78, 5) is 11.8. The number of hydrogen-bond donors (Lipinski definition) is 1. The quantitative estimate of drug-likeness (QED) is 0.724. The van der Waals surface area contributed by atoms with Crippen molar-refractivity contribution < 1.29 is 14.6 Å². The van der Waals surface area contributed by atoms with Gasteiger partial charge in [0.1, 0.15) is 0 Å². The lowest BCUT2D eigenvalue weighted by Crippen LogP contribution is -2.28. The molecule has 0 radical (unpaired) electrons. The number of hydrogen-bond acceptors (Lipinski definition) is 2. The first-order valence-corrected chi connectivity index (χ1v) is 7.92. The average molecular weight is 337 g/mol. The van der Waals surface area contributed by atoms with Crippen molar-refractivity contribution in [3.63, 3.8) is 0 Å². The second kappa shape index (κ2) is 7.80. The predicted molar refractivity (Wildman–Crippen MR) is 95.7 cm³/mol. The summed E-state index contributed by atoms with van der Waals surface area (Å²) in [5.41, 5.74) is 2.80. The van der Waals surface area contributed by atoms with E-state index in [1.54, 1.807) is 13.0 Å². The molecule has 4 heteroatoms. The maximum absolute atomic E-state index is 11.8. The Balaban J connectivity index is 3.47. The number of benzene rings is 1. The van der Waals surface area contributed by atoms with Crippen molar-refractivity contribution in [2.45, 2.75) is 53.2 Å². The van der Waals surface area contributed by atoms with Crippen LogP contribution in [0.1, 0.15) is 57.4 Å². The molecule has 0 saturated heterocycles. The molecule has 0 heterocycles. The van der Waals surface area contributed by atoms with Crippen LogP contribution in [0.15, 0.2) is 35.4 Å². The van der Waals surface area contributed by atoms with Gasteiger partial charge in [-0.15, -0.1) is 0 Å². The first-order chi connectivity index (χ1) is 10.5. The number of ether oxygens (including phenoxy) is 1. The molecule has 0 saturated carbocycles. The molecule has 0 bridgehead atoms. The molecular formula is C19H25ClO3. The fourth-order valence-corrected chi connectivity index (χ4v) is 2.35. The third kappa shape index (κ3) is 5.85. The van der Waals surface area contributed by atoms with E-state index in [4.69, 9.17) is 16.3 Å². The number of carboxylic acids is 1. The molecule has 23 heavy (non-hydrogen) atoms. The highest BCUT2D eigenvalue weighted by atomic mass is 35.5. The van der Waals surface area contributed by atoms with E-state index in [0.29, 0.717) is 10.6 Å². The van der Waals surface area contributed by atoms with Crippen LogP contribution < -0.4 is 0 Å². The van der Waals surface area contributed by atoms with Gasteiger partial charge in [0.2, 0.25) is 0 Å². The van der Waals surface area contributed by atoms with Crippen LogP contribution in [0.4, 0.5) is 0 Å². The van der Waals surface area contributed by atoms with Crippen molar-refractivity contribution in [1.82, 2.24) is 0 Å². The summed E-state index contributed by atoms with van der Waals surface area (Å²) in [6, 6.07) is 5.73. The number of carboxylic acid groups (broad SMARTS) is 1. The monoisotopic (exact) mass is 336 g/mol. The molecule has 1 atom stereocenters. The van der Waals surface area contributed by atoms with Gasteiger partial charge in [-0.25, -0.2) is 4.79 Å². The largest absolute Gasteiger partial charge is 0.479 e. The van der Waals surface area contributed by atoms with E-state index < -0.39 is 17.7 Å². The summed E-state index contributed by atoms with van der Waals surface area (Å²) in [5.74, 6) is -0.993. The number of aliphatic carboxylic acids is 1. The summed E-state index contributed by atoms with van der Waals surface area (Å²) in [7, 11) is 0. The molecule has 0 aromatic heterocycles. The van der Waals surface area contributed by atoms with Gasteiger partial charge in [-0.1, -0.05) is 35.9 Å². The molecule has 1 aromatic carbocycles. The van der Waals surface area contributed by atoms with Gasteiger partial charge in [-0.05, 0) is 64.3 Å².